The van der Waals surface area contributed by atoms with Crippen LogP contribution in [0.5, 0.6) is 0 Å². The number of aryl methyl sites for hydroxylation is 1. The highest BCUT2D eigenvalue weighted by molar-refractivity contribution is 5.92. The van der Waals surface area contributed by atoms with Crippen molar-refractivity contribution in [2.45, 2.75) is 13.3 Å². The van der Waals surface area contributed by atoms with Gasteiger partial charge in [-0.3, -0.25) is 4.79 Å². The molecule has 100 valence electrons. The number of rotatable bonds is 4. The number of hydrogen-bond donors (Lipinski definition) is 2. The molecule has 0 bridgehead atoms. The standard InChI is InChI=1S/C14H13N5O/c1-10-8-13(17-9-16-10)18-11-2-4-12(5-3-11)19-14(20)6-7-15/h2-5,8-9H,6H2,1H3,(H,19,20)(H,16,17,18). The Hall–Kier alpha value is -2.94. The summed E-state index contributed by atoms with van der Waals surface area (Å²) < 4.78 is 0. The number of nitrogens with zero attached hydrogens (tertiary/aromatic N) is 3. The Labute approximate surface area is 116 Å². The highest BCUT2D eigenvalue weighted by atomic mass is 16.1. The first kappa shape index (κ1) is 13.5. The predicted octanol–water partition coefficient (Wildman–Crippen LogP) is 2.38. The Balaban J connectivity index is 2.02. The molecule has 1 heterocycles. The lowest BCUT2D eigenvalue weighted by Gasteiger charge is -2.07. The van der Waals surface area contributed by atoms with E-state index in [0.29, 0.717) is 11.5 Å². The first-order chi connectivity index (χ1) is 9.67. The van der Waals surface area contributed by atoms with E-state index in [1.807, 2.05) is 25.1 Å². The lowest BCUT2D eigenvalue weighted by molar-refractivity contribution is -0.115. The molecule has 0 spiro atoms. The van der Waals surface area contributed by atoms with Gasteiger partial charge in [0.1, 0.15) is 18.6 Å². The fraction of sp³-hybridized carbons (Fsp3) is 0.143. The van der Waals surface area contributed by atoms with Gasteiger partial charge < -0.3 is 10.6 Å². The number of amides is 1. The summed E-state index contributed by atoms with van der Waals surface area (Å²) >= 11 is 0. The molecule has 2 N–H and O–H groups in total. The molecule has 0 saturated heterocycles. The Bertz CT molecular complexity index is 645. The van der Waals surface area contributed by atoms with Crippen molar-refractivity contribution in [3.63, 3.8) is 0 Å². The number of carbonyl (C=O) groups is 1. The molecule has 6 nitrogen and oxygen atoms in total. The van der Waals surface area contributed by atoms with E-state index in [4.69, 9.17) is 5.26 Å². The van der Waals surface area contributed by atoms with Crippen LogP contribution < -0.4 is 10.6 Å². The van der Waals surface area contributed by atoms with Gasteiger partial charge in [-0.1, -0.05) is 0 Å². The Morgan fingerprint density at radius 3 is 2.60 bits per heavy atom. The van der Waals surface area contributed by atoms with Gasteiger partial charge in [0, 0.05) is 23.1 Å². The van der Waals surface area contributed by atoms with Crippen molar-refractivity contribution in [2.75, 3.05) is 10.6 Å². The second kappa shape index (κ2) is 6.29. The quantitative estimate of drug-likeness (QED) is 0.887. The second-order valence-electron chi connectivity index (χ2n) is 4.13. The van der Waals surface area contributed by atoms with Crippen LogP contribution in [0.1, 0.15) is 12.1 Å². The number of anilines is 3. The minimum absolute atomic E-state index is 0.153. The molecule has 2 rings (SSSR count). The van der Waals surface area contributed by atoms with Crippen molar-refractivity contribution in [1.82, 2.24) is 9.97 Å². The molecule has 0 aliphatic heterocycles. The van der Waals surface area contributed by atoms with Crippen LogP contribution in [0, 0.1) is 18.3 Å². The van der Waals surface area contributed by atoms with E-state index in [2.05, 4.69) is 20.6 Å². The van der Waals surface area contributed by atoms with E-state index in [-0.39, 0.29) is 12.3 Å². The highest BCUT2D eigenvalue weighted by Crippen LogP contribution is 2.17. The maximum Gasteiger partial charge on any atom is 0.238 e. The van der Waals surface area contributed by atoms with Gasteiger partial charge in [0.25, 0.3) is 0 Å². The average molecular weight is 267 g/mol. The van der Waals surface area contributed by atoms with Gasteiger partial charge in [0.15, 0.2) is 0 Å². The second-order valence-corrected chi connectivity index (χ2v) is 4.13. The summed E-state index contributed by atoms with van der Waals surface area (Å²) in [5, 5.41) is 14.2. The van der Waals surface area contributed by atoms with Crippen molar-refractivity contribution in [3.05, 3.63) is 42.4 Å². The third-order valence-corrected chi connectivity index (χ3v) is 2.48. The predicted molar refractivity (Wildman–Crippen MR) is 75.4 cm³/mol. The normalized spacial score (nSPS) is 9.60. The zero-order chi connectivity index (χ0) is 14.4. The Kier molecular flexibility index (Phi) is 4.24. The van der Waals surface area contributed by atoms with Crippen molar-refractivity contribution in [3.8, 4) is 6.07 Å². The van der Waals surface area contributed by atoms with Crippen LogP contribution in [0.4, 0.5) is 17.2 Å². The van der Waals surface area contributed by atoms with Gasteiger partial charge >= 0.3 is 0 Å². The molecule has 20 heavy (non-hydrogen) atoms. The molecule has 2 aromatic rings. The van der Waals surface area contributed by atoms with Crippen LogP contribution in [0.3, 0.4) is 0 Å². The summed E-state index contributed by atoms with van der Waals surface area (Å²) in [5.74, 6) is 0.387. The zero-order valence-corrected chi connectivity index (χ0v) is 10.9. The first-order valence-electron chi connectivity index (χ1n) is 6.00. The van der Waals surface area contributed by atoms with Crippen molar-refractivity contribution in [1.29, 1.82) is 5.26 Å². The van der Waals surface area contributed by atoms with Crippen molar-refractivity contribution in [2.24, 2.45) is 0 Å². The van der Waals surface area contributed by atoms with Crippen LogP contribution in [-0.4, -0.2) is 15.9 Å². The molecule has 1 aromatic carbocycles. The molecule has 0 unspecified atom stereocenters. The minimum atomic E-state index is -0.320. The van der Waals surface area contributed by atoms with Crippen molar-refractivity contribution < 1.29 is 4.79 Å². The molecule has 0 aliphatic rings. The first-order valence-corrected chi connectivity index (χ1v) is 6.00. The van der Waals surface area contributed by atoms with Crippen LogP contribution >= 0.6 is 0 Å². The van der Waals surface area contributed by atoms with E-state index in [1.54, 1.807) is 18.2 Å². The maximum atomic E-state index is 11.3. The topological polar surface area (TPSA) is 90.7 Å². The van der Waals surface area contributed by atoms with Gasteiger partial charge in [-0.2, -0.15) is 5.26 Å². The molecule has 1 aromatic heterocycles. The van der Waals surface area contributed by atoms with Crippen molar-refractivity contribution >= 4 is 23.1 Å². The van der Waals surface area contributed by atoms with Crippen LogP contribution in [0.15, 0.2) is 36.7 Å². The third kappa shape index (κ3) is 3.78. The van der Waals surface area contributed by atoms with Crippen LogP contribution in [0.2, 0.25) is 0 Å². The lowest BCUT2D eigenvalue weighted by Crippen LogP contribution is -2.09. The summed E-state index contributed by atoms with van der Waals surface area (Å²) in [6.45, 7) is 1.89. The Morgan fingerprint density at radius 1 is 1.25 bits per heavy atom. The smallest absolute Gasteiger partial charge is 0.238 e. The molecular formula is C14H13N5O. The number of hydrogen-bond acceptors (Lipinski definition) is 5. The van der Waals surface area contributed by atoms with Gasteiger partial charge in [0.05, 0.1) is 6.07 Å². The molecule has 0 radical (unpaired) electrons. The van der Waals surface area contributed by atoms with Gasteiger partial charge in [0.2, 0.25) is 5.91 Å². The van der Waals surface area contributed by atoms with Crippen LogP contribution in [-0.2, 0) is 4.79 Å². The highest BCUT2D eigenvalue weighted by Gasteiger charge is 2.01. The fourth-order valence-electron chi connectivity index (χ4n) is 1.58. The van der Waals surface area contributed by atoms with Gasteiger partial charge in [-0.15, -0.1) is 0 Å². The van der Waals surface area contributed by atoms with E-state index in [1.165, 1.54) is 6.33 Å². The van der Waals surface area contributed by atoms with E-state index in [0.717, 1.165) is 11.4 Å². The van der Waals surface area contributed by atoms with Gasteiger partial charge in [-0.05, 0) is 31.2 Å². The van der Waals surface area contributed by atoms with E-state index < -0.39 is 0 Å². The molecule has 0 atom stereocenters. The third-order valence-electron chi connectivity index (χ3n) is 2.48. The number of aromatic nitrogens is 2. The minimum Gasteiger partial charge on any atom is -0.340 e. The Morgan fingerprint density at radius 2 is 1.95 bits per heavy atom. The number of nitriles is 1. The summed E-state index contributed by atoms with van der Waals surface area (Å²) in [4.78, 5) is 19.4. The number of benzene rings is 1. The molecular weight excluding hydrogens is 254 g/mol. The summed E-state index contributed by atoms with van der Waals surface area (Å²) in [7, 11) is 0. The summed E-state index contributed by atoms with van der Waals surface area (Å²) in [6, 6.07) is 10.8. The maximum absolute atomic E-state index is 11.3. The van der Waals surface area contributed by atoms with E-state index >= 15 is 0 Å². The summed E-state index contributed by atoms with van der Waals surface area (Å²) in [6.07, 6.45) is 1.34. The average Bonchev–Trinajstić information content (AvgIpc) is 2.41. The molecule has 0 fully saturated rings. The molecule has 0 aliphatic carbocycles. The number of nitrogens with one attached hydrogen (secondary N) is 2. The molecule has 1 amide bonds. The largest absolute Gasteiger partial charge is 0.340 e. The zero-order valence-electron chi connectivity index (χ0n) is 10.9. The monoisotopic (exact) mass is 267 g/mol. The van der Waals surface area contributed by atoms with Gasteiger partial charge in [-0.25, -0.2) is 9.97 Å². The van der Waals surface area contributed by atoms with Crippen LogP contribution in [0.25, 0.3) is 0 Å². The SMILES string of the molecule is Cc1cc(Nc2ccc(NC(=O)CC#N)cc2)ncn1. The fourth-order valence-corrected chi connectivity index (χ4v) is 1.58. The molecule has 0 saturated carbocycles. The summed E-state index contributed by atoms with van der Waals surface area (Å²) in [5.41, 5.74) is 2.37. The lowest BCUT2D eigenvalue weighted by atomic mass is 10.2. The molecule has 6 heteroatoms. The number of carbonyl (C=O) groups excluding carboxylic acids is 1. The van der Waals surface area contributed by atoms with E-state index in [9.17, 15) is 4.79 Å².